The molecule has 0 aliphatic carbocycles. The smallest absolute Gasteiger partial charge is 0.319 e. The summed E-state index contributed by atoms with van der Waals surface area (Å²) < 4.78 is 21.9. The summed E-state index contributed by atoms with van der Waals surface area (Å²) in [4.78, 5) is 33.8. The molecule has 1 aliphatic rings. The standard InChI is InChI=1S/C9H14N2O6S2/c1-19(16,17)18-5-4-10(6-9(14)15)11-7(12)2-3-8(11)13/h2-6H2,1H3,(H,14,15). The van der Waals surface area contributed by atoms with Crippen LogP contribution in [0.4, 0.5) is 0 Å². The van der Waals surface area contributed by atoms with E-state index in [4.69, 9.17) is 5.11 Å². The fourth-order valence-electron chi connectivity index (χ4n) is 1.58. The summed E-state index contributed by atoms with van der Waals surface area (Å²) in [6.07, 6.45) is 1.13. The zero-order chi connectivity index (χ0) is 14.6. The highest BCUT2D eigenvalue weighted by molar-refractivity contribution is 8.71. The average Bonchev–Trinajstić information content (AvgIpc) is 2.55. The SMILES string of the molecule is CS(=O)(=O)SCCN(CC(=O)O)N1C(=O)CCC1=O. The number of aliphatic carboxylic acids is 1. The molecular formula is C9H14N2O6S2. The first-order valence-electron chi connectivity index (χ1n) is 5.37. The molecule has 0 spiro atoms. The molecular weight excluding hydrogens is 296 g/mol. The molecule has 1 rings (SSSR count). The quantitative estimate of drug-likeness (QED) is 0.477. The van der Waals surface area contributed by atoms with Crippen molar-refractivity contribution in [3.05, 3.63) is 0 Å². The summed E-state index contributed by atoms with van der Waals surface area (Å²) in [7, 11) is -2.61. The predicted molar refractivity (Wildman–Crippen MR) is 67.6 cm³/mol. The average molecular weight is 310 g/mol. The normalized spacial score (nSPS) is 16.4. The van der Waals surface area contributed by atoms with Gasteiger partial charge in [-0.1, -0.05) is 0 Å². The molecule has 0 aromatic heterocycles. The minimum atomic E-state index is -3.24. The van der Waals surface area contributed by atoms with Crippen LogP contribution in [0.3, 0.4) is 0 Å². The molecule has 0 aromatic rings. The van der Waals surface area contributed by atoms with Gasteiger partial charge in [0.05, 0.1) is 0 Å². The lowest BCUT2D eigenvalue weighted by molar-refractivity contribution is -0.160. The largest absolute Gasteiger partial charge is 0.480 e. The maximum atomic E-state index is 11.5. The van der Waals surface area contributed by atoms with Crippen molar-refractivity contribution in [2.45, 2.75) is 12.8 Å². The van der Waals surface area contributed by atoms with Gasteiger partial charge in [-0.15, -0.1) is 0 Å². The minimum Gasteiger partial charge on any atom is -0.480 e. The Kier molecular flexibility index (Phi) is 5.32. The molecule has 0 atom stereocenters. The number of imide groups is 1. The molecule has 1 aliphatic heterocycles. The molecule has 0 saturated carbocycles. The van der Waals surface area contributed by atoms with Crippen molar-refractivity contribution in [3.8, 4) is 0 Å². The minimum absolute atomic E-state index is 0.0124. The Hall–Kier alpha value is -1.13. The van der Waals surface area contributed by atoms with E-state index in [2.05, 4.69) is 0 Å². The van der Waals surface area contributed by atoms with Crippen molar-refractivity contribution in [3.63, 3.8) is 0 Å². The van der Waals surface area contributed by atoms with Gasteiger partial charge in [0.15, 0.2) is 8.87 Å². The predicted octanol–water partition coefficient (Wildman–Crippen LogP) is -0.870. The topological polar surface area (TPSA) is 112 Å². The molecule has 108 valence electrons. The van der Waals surface area contributed by atoms with Gasteiger partial charge < -0.3 is 5.11 Å². The maximum absolute atomic E-state index is 11.5. The van der Waals surface area contributed by atoms with Gasteiger partial charge in [-0.3, -0.25) is 14.4 Å². The van der Waals surface area contributed by atoms with Crippen LogP contribution in [0.2, 0.25) is 0 Å². The number of carboxylic acid groups (broad SMARTS) is 1. The lowest BCUT2D eigenvalue weighted by Gasteiger charge is -2.28. The second-order valence-electron chi connectivity index (χ2n) is 3.91. The van der Waals surface area contributed by atoms with E-state index in [0.29, 0.717) is 10.8 Å². The number of carboxylic acids is 1. The van der Waals surface area contributed by atoms with E-state index in [1.807, 2.05) is 0 Å². The first-order chi connectivity index (χ1) is 8.70. The van der Waals surface area contributed by atoms with Crippen LogP contribution in [0.1, 0.15) is 12.8 Å². The number of hydrazine groups is 1. The van der Waals surface area contributed by atoms with Crippen LogP contribution in [0.15, 0.2) is 0 Å². The molecule has 0 aromatic carbocycles. The van der Waals surface area contributed by atoms with Crippen LogP contribution < -0.4 is 0 Å². The van der Waals surface area contributed by atoms with Crippen LogP contribution in [0.5, 0.6) is 0 Å². The summed E-state index contributed by atoms with van der Waals surface area (Å²) in [6.45, 7) is -0.538. The lowest BCUT2D eigenvalue weighted by Crippen LogP contribution is -2.49. The van der Waals surface area contributed by atoms with E-state index >= 15 is 0 Å². The molecule has 0 unspecified atom stereocenters. The number of hydrogen-bond acceptors (Lipinski definition) is 7. The first kappa shape index (κ1) is 15.9. The van der Waals surface area contributed by atoms with E-state index in [1.54, 1.807) is 0 Å². The number of rotatable bonds is 7. The number of hydrogen-bond donors (Lipinski definition) is 1. The lowest BCUT2D eigenvalue weighted by atomic mass is 10.4. The third kappa shape index (κ3) is 5.17. The van der Waals surface area contributed by atoms with E-state index in [1.165, 1.54) is 0 Å². The summed E-state index contributed by atoms with van der Waals surface area (Å²) in [5.41, 5.74) is 0. The summed E-state index contributed by atoms with van der Waals surface area (Å²) in [5, 5.41) is 10.6. The monoisotopic (exact) mass is 310 g/mol. The molecule has 1 heterocycles. The van der Waals surface area contributed by atoms with Crippen molar-refractivity contribution >= 4 is 37.4 Å². The van der Waals surface area contributed by atoms with Gasteiger partial charge in [0, 0.05) is 31.4 Å². The number of carbonyl (C=O) groups excluding carboxylic acids is 2. The van der Waals surface area contributed by atoms with Gasteiger partial charge in [0.25, 0.3) is 0 Å². The number of carbonyl (C=O) groups is 3. The molecule has 10 heteroatoms. The Balaban J connectivity index is 2.69. The second kappa shape index (κ2) is 6.35. The van der Waals surface area contributed by atoms with Crippen molar-refractivity contribution in [2.75, 3.05) is 25.1 Å². The van der Waals surface area contributed by atoms with Crippen LogP contribution in [0.25, 0.3) is 0 Å². The van der Waals surface area contributed by atoms with Crippen LogP contribution in [-0.2, 0) is 23.3 Å². The zero-order valence-electron chi connectivity index (χ0n) is 10.2. The van der Waals surface area contributed by atoms with Gasteiger partial charge in [-0.2, -0.15) is 5.01 Å². The first-order valence-corrected chi connectivity index (χ1v) is 8.77. The Labute approximate surface area is 114 Å². The highest BCUT2D eigenvalue weighted by Gasteiger charge is 2.34. The van der Waals surface area contributed by atoms with Gasteiger partial charge in [0.1, 0.15) is 6.54 Å². The highest BCUT2D eigenvalue weighted by Crippen LogP contribution is 2.16. The van der Waals surface area contributed by atoms with Crippen molar-refractivity contribution in [2.24, 2.45) is 0 Å². The number of nitrogens with zero attached hydrogens (tertiary/aromatic N) is 2. The van der Waals surface area contributed by atoms with Crippen molar-refractivity contribution < 1.29 is 27.9 Å². The van der Waals surface area contributed by atoms with Gasteiger partial charge in [0.2, 0.25) is 11.8 Å². The molecule has 1 fully saturated rings. The Morgan fingerprint density at radius 3 is 2.32 bits per heavy atom. The van der Waals surface area contributed by atoms with E-state index in [9.17, 15) is 22.8 Å². The zero-order valence-corrected chi connectivity index (χ0v) is 11.9. The van der Waals surface area contributed by atoms with Gasteiger partial charge in [-0.05, 0) is 10.8 Å². The maximum Gasteiger partial charge on any atom is 0.319 e. The molecule has 1 saturated heterocycles. The van der Waals surface area contributed by atoms with Gasteiger partial charge in [-0.25, -0.2) is 13.4 Å². The second-order valence-corrected chi connectivity index (χ2v) is 8.48. The highest BCUT2D eigenvalue weighted by atomic mass is 33.1. The third-order valence-electron chi connectivity index (χ3n) is 2.27. The van der Waals surface area contributed by atoms with Crippen LogP contribution in [-0.4, -0.2) is 66.4 Å². The summed E-state index contributed by atoms with van der Waals surface area (Å²) in [6, 6.07) is 0. The molecule has 8 nitrogen and oxygen atoms in total. The fourth-order valence-corrected chi connectivity index (χ4v) is 3.30. The molecule has 2 amide bonds. The number of amides is 2. The molecule has 0 radical (unpaired) electrons. The van der Waals surface area contributed by atoms with Crippen LogP contribution in [0, 0.1) is 0 Å². The molecule has 19 heavy (non-hydrogen) atoms. The molecule has 0 bridgehead atoms. The Morgan fingerprint density at radius 1 is 1.37 bits per heavy atom. The Bertz CT molecular complexity index is 473. The Morgan fingerprint density at radius 2 is 1.89 bits per heavy atom. The summed E-state index contributed by atoms with van der Waals surface area (Å²) in [5.74, 6) is -2.05. The van der Waals surface area contributed by atoms with Gasteiger partial charge >= 0.3 is 5.97 Å². The third-order valence-corrected chi connectivity index (χ3v) is 4.83. The summed E-state index contributed by atoms with van der Waals surface area (Å²) >= 11 is 0. The fraction of sp³-hybridized carbons (Fsp3) is 0.667. The van der Waals surface area contributed by atoms with E-state index in [-0.39, 0.29) is 25.1 Å². The molecule has 1 N–H and O–H groups in total. The van der Waals surface area contributed by atoms with Crippen LogP contribution >= 0.6 is 10.8 Å². The van der Waals surface area contributed by atoms with E-state index in [0.717, 1.165) is 16.3 Å². The van der Waals surface area contributed by atoms with Crippen molar-refractivity contribution in [1.82, 2.24) is 10.0 Å². The van der Waals surface area contributed by atoms with Crippen molar-refractivity contribution in [1.29, 1.82) is 0 Å². The van der Waals surface area contributed by atoms with E-state index < -0.39 is 33.2 Å².